The molecule has 0 fully saturated rings. The topological polar surface area (TPSA) is 35.3 Å². The Morgan fingerprint density at radius 2 is 1.94 bits per heavy atom. The minimum absolute atomic E-state index is 0.165. The van der Waals surface area contributed by atoms with E-state index >= 15 is 0 Å². The summed E-state index contributed by atoms with van der Waals surface area (Å²) >= 11 is 3.39. The molecule has 2 rings (SSSR count). The van der Waals surface area contributed by atoms with Gasteiger partial charge >= 0.3 is 0 Å². The Labute approximate surface area is 115 Å². The average Bonchev–Trinajstić information content (AvgIpc) is 2.69. The maximum absolute atomic E-state index is 5.53. The van der Waals surface area contributed by atoms with Crippen LogP contribution in [0.5, 0.6) is 0 Å². The highest BCUT2D eigenvalue weighted by molar-refractivity contribution is 9.10. The molecule has 0 N–H and O–H groups in total. The van der Waals surface area contributed by atoms with Crippen molar-refractivity contribution in [1.82, 2.24) is 4.98 Å². The smallest absolute Gasteiger partial charge is 0.222 e. The average molecular weight is 310 g/mol. The van der Waals surface area contributed by atoms with Crippen LogP contribution in [0.15, 0.2) is 33.4 Å². The van der Waals surface area contributed by atoms with Crippen molar-refractivity contribution in [3.63, 3.8) is 0 Å². The molecule has 4 heteroatoms. The zero-order valence-electron chi connectivity index (χ0n) is 10.7. The third-order valence-corrected chi connectivity index (χ3v) is 3.03. The van der Waals surface area contributed by atoms with Crippen molar-refractivity contribution in [2.45, 2.75) is 33.5 Å². The van der Waals surface area contributed by atoms with Crippen molar-refractivity contribution in [3.8, 4) is 11.3 Å². The molecule has 1 aromatic heterocycles. The number of rotatable bonds is 4. The number of ether oxygens (including phenoxy) is 1. The van der Waals surface area contributed by atoms with Gasteiger partial charge in [-0.15, -0.1) is 0 Å². The second-order valence-corrected chi connectivity index (χ2v) is 5.18. The first-order valence-corrected chi connectivity index (χ1v) is 6.69. The maximum atomic E-state index is 5.53. The molecule has 0 aliphatic rings. The van der Waals surface area contributed by atoms with Crippen molar-refractivity contribution in [2.75, 3.05) is 0 Å². The predicted molar refractivity (Wildman–Crippen MR) is 74.3 cm³/mol. The lowest BCUT2D eigenvalue weighted by Gasteiger charge is -2.03. The predicted octanol–water partition coefficient (Wildman–Crippen LogP) is 4.34. The third-order valence-electron chi connectivity index (χ3n) is 2.50. The lowest BCUT2D eigenvalue weighted by atomic mass is 10.1. The summed E-state index contributed by atoms with van der Waals surface area (Å²) in [5.74, 6) is 0.589. The van der Waals surface area contributed by atoms with Gasteiger partial charge in [0, 0.05) is 5.56 Å². The number of hydrogen-bond donors (Lipinski definition) is 0. The van der Waals surface area contributed by atoms with E-state index in [0.29, 0.717) is 17.2 Å². The van der Waals surface area contributed by atoms with Gasteiger partial charge in [-0.25, -0.2) is 4.98 Å². The van der Waals surface area contributed by atoms with Gasteiger partial charge in [0.25, 0.3) is 0 Å². The Morgan fingerprint density at radius 3 is 2.56 bits per heavy atom. The van der Waals surface area contributed by atoms with Gasteiger partial charge in [-0.1, -0.05) is 29.8 Å². The zero-order valence-corrected chi connectivity index (χ0v) is 12.3. The van der Waals surface area contributed by atoms with E-state index in [-0.39, 0.29) is 6.10 Å². The molecular weight excluding hydrogens is 294 g/mol. The molecule has 0 bridgehead atoms. The van der Waals surface area contributed by atoms with E-state index in [9.17, 15) is 0 Å². The molecule has 0 aliphatic carbocycles. The van der Waals surface area contributed by atoms with Gasteiger partial charge in [0.1, 0.15) is 12.3 Å². The molecule has 0 radical (unpaired) electrons. The normalized spacial score (nSPS) is 11.2. The van der Waals surface area contributed by atoms with E-state index in [4.69, 9.17) is 9.15 Å². The summed E-state index contributed by atoms with van der Waals surface area (Å²) in [6.07, 6.45) is 0.165. The van der Waals surface area contributed by atoms with E-state index in [1.165, 1.54) is 5.56 Å². The molecule has 1 heterocycles. The lowest BCUT2D eigenvalue weighted by Crippen LogP contribution is -2.02. The van der Waals surface area contributed by atoms with Crippen LogP contribution in [-0.2, 0) is 11.3 Å². The molecule has 18 heavy (non-hydrogen) atoms. The molecule has 0 saturated carbocycles. The number of aryl methyl sites for hydroxylation is 1. The largest absolute Gasteiger partial charge is 0.431 e. The fourth-order valence-electron chi connectivity index (χ4n) is 1.53. The summed E-state index contributed by atoms with van der Waals surface area (Å²) in [6, 6.07) is 8.18. The fourth-order valence-corrected chi connectivity index (χ4v) is 2.04. The van der Waals surface area contributed by atoms with Crippen molar-refractivity contribution in [2.24, 2.45) is 0 Å². The van der Waals surface area contributed by atoms with Gasteiger partial charge in [-0.05, 0) is 36.7 Å². The van der Waals surface area contributed by atoms with Crippen LogP contribution in [0.2, 0.25) is 0 Å². The number of halogens is 1. The molecule has 0 amide bonds. The number of aromatic nitrogens is 1. The van der Waals surface area contributed by atoms with Crippen molar-refractivity contribution >= 4 is 15.9 Å². The zero-order chi connectivity index (χ0) is 13.1. The summed E-state index contributed by atoms with van der Waals surface area (Å²) in [4.78, 5) is 4.44. The van der Waals surface area contributed by atoms with Crippen LogP contribution in [0.4, 0.5) is 0 Å². The highest BCUT2D eigenvalue weighted by atomic mass is 79.9. The number of benzene rings is 1. The fraction of sp³-hybridized carbons (Fsp3) is 0.357. The summed E-state index contributed by atoms with van der Waals surface area (Å²) < 4.78 is 11.7. The Balaban J connectivity index is 2.21. The molecule has 0 spiro atoms. The van der Waals surface area contributed by atoms with E-state index in [2.05, 4.69) is 40.0 Å². The van der Waals surface area contributed by atoms with Crippen LogP contribution < -0.4 is 0 Å². The highest BCUT2D eigenvalue weighted by Gasteiger charge is 2.13. The number of hydrogen-bond acceptors (Lipinski definition) is 3. The van der Waals surface area contributed by atoms with Gasteiger partial charge in [0.15, 0.2) is 4.67 Å². The second kappa shape index (κ2) is 5.67. The Kier molecular flexibility index (Phi) is 4.19. The standard InChI is InChI=1S/C14H16BrNO2/c1-9(2)17-8-12-16-13(14(15)18-12)11-6-4-10(3)5-7-11/h4-7,9H,8H2,1-3H3. The number of nitrogens with zero attached hydrogens (tertiary/aromatic N) is 1. The second-order valence-electron chi connectivity index (χ2n) is 4.46. The molecule has 0 aliphatic heterocycles. The Bertz CT molecular complexity index is 517. The van der Waals surface area contributed by atoms with Gasteiger partial charge in [-0.2, -0.15) is 0 Å². The van der Waals surface area contributed by atoms with E-state index < -0.39 is 0 Å². The molecule has 1 aromatic carbocycles. The van der Waals surface area contributed by atoms with Crippen LogP contribution in [0, 0.1) is 6.92 Å². The van der Waals surface area contributed by atoms with E-state index in [0.717, 1.165) is 11.3 Å². The van der Waals surface area contributed by atoms with Crippen molar-refractivity contribution in [3.05, 3.63) is 40.4 Å². The molecule has 0 saturated heterocycles. The van der Waals surface area contributed by atoms with E-state index in [1.807, 2.05) is 26.0 Å². The first-order chi connectivity index (χ1) is 8.56. The lowest BCUT2D eigenvalue weighted by molar-refractivity contribution is 0.0513. The first-order valence-electron chi connectivity index (χ1n) is 5.90. The monoisotopic (exact) mass is 309 g/mol. The SMILES string of the molecule is Cc1ccc(-c2nc(COC(C)C)oc2Br)cc1. The quantitative estimate of drug-likeness (QED) is 0.843. The van der Waals surface area contributed by atoms with Gasteiger partial charge < -0.3 is 9.15 Å². The van der Waals surface area contributed by atoms with Crippen LogP contribution in [-0.4, -0.2) is 11.1 Å². The molecule has 96 valence electrons. The maximum Gasteiger partial charge on any atom is 0.222 e. The summed E-state index contributed by atoms with van der Waals surface area (Å²) in [5.41, 5.74) is 3.08. The number of oxazole rings is 1. The molecular formula is C14H16BrNO2. The van der Waals surface area contributed by atoms with E-state index in [1.54, 1.807) is 0 Å². The Morgan fingerprint density at radius 1 is 1.28 bits per heavy atom. The first kappa shape index (κ1) is 13.3. The third kappa shape index (κ3) is 3.21. The van der Waals surface area contributed by atoms with Crippen LogP contribution in [0.1, 0.15) is 25.3 Å². The highest BCUT2D eigenvalue weighted by Crippen LogP contribution is 2.29. The minimum Gasteiger partial charge on any atom is -0.431 e. The Hall–Kier alpha value is -1.13. The summed E-state index contributed by atoms with van der Waals surface area (Å²) in [5, 5.41) is 0. The molecule has 0 unspecified atom stereocenters. The van der Waals surface area contributed by atoms with Crippen LogP contribution in [0.3, 0.4) is 0 Å². The van der Waals surface area contributed by atoms with Crippen LogP contribution in [0.25, 0.3) is 11.3 Å². The molecule has 3 nitrogen and oxygen atoms in total. The van der Waals surface area contributed by atoms with Crippen LogP contribution >= 0.6 is 15.9 Å². The van der Waals surface area contributed by atoms with Gasteiger partial charge in [0.05, 0.1) is 6.10 Å². The van der Waals surface area contributed by atoms with Gasteiger partial charge in [-0.3, -0.25) is 0 Å². The van der Waals surface area contributed by atoms with Crippen molar-refractivity contribution in [1.29, 1.82) is 0 Å². The summed E-state index contributed by atoms with van der Waals surface area (Å²) in [6.45, 7) is 6.42. The van der Waals surface area contributed by atoms with Gasteiger partial charge in [0.2, 0.25) is 5.89 Å². The molecule has 2 aromatic rings. The molecule has 0 atom stereocenters. The van der Waals surface area contributed by atoms with Crippen molar-refractivity contribution < 1.29 is 9.15 Å². The minimum atomic E-state index is 0.165. The summed E-state index contributed by atoms with van der Waals surface area (Å²) in [7, 11) is 0.